The molecule has 0 saturated carbocycles. The number of benzene rings is 1. The summed E-state index contributed by atoms with van der Waals surface area (Å²) in [5.41, 5.74) is 4.71. The highest BCUT2D eigenvalue weighted by molar-refractivity contribution is 5.58. The number of nitrogens with two attached hydrogens (primary N) is 1. The van der Waals surface area contributed by atoms with Crippen LogP contribution in [0.5, 0.6) is 0 Å². The van der Waals surface area contributed by atoms with Crippen LogP contribution in [0, 0.1) is 5.92 Å². The van der Waals surface area contributed by atoms with E-state index in [0.29, 0.717) is 11.6 Å². The monoisotopic (exact) mass is 246 g/mol. The Balaban J connectivity index is 2.97. The zero-order valence-corrected chi connectivity index (χ0v) is 10.1. The van der Waals surface area contributed by atoms with Crippen molar-refractivity contribution in [1.82, 2.24) is 0 Å². The van der Waals surface area contributed by atoms with E-state index in [1.165, 1.54) is 6.07 Å². The lowest BCUT2D eigenvalue weighted by Crippen LogP contribution is -2.22. The first-order valence-corrected chi connectivity index (χ1v) is 5.45. The van der Waals surface area contributed by atoms with E-state index >= 15 is 0 Å². The molecule has 0 radical (unpaired) electrons. The molecule has 0 saturated heterocycles. The van der Waals surface area contributed by atoms with Crippen molar-refractivity contribution in [3.8, 4) is 0 Å². The van der Waals surface area contributed by atoms with Crippen LogP contribution in [0.2, 0.25) is 0 Å². The molecule has 0 aliphatic rings. The van der Waals surface area contributed by atoms with Gasteiger partial charge in [-0.05, 0) is 31.0 Å². The van der Waals surface area contributed by atoms with Crippen molar-refractivity contribution in [2.24, 2.45) is 5.92 Å². The van der Waals surface area contributed by atoms with Gasteiger partial charge in [0.15, 0.2) is 0 Å². The molecule has 5 heteroatoms. The first kappa shape index (κ1) is 13.7. The van der Waals surface area contributed by atoms with Gasteiger partial charge in [0.05, 0.1) is 5.56 Å². The molecule has 0 amide bonds. The molecule has 0 aliphatic heterocycles. The van der Waals surface area contributed by atoms with Crippen LogP contribution in [0.15, 0.2) is 18.2 Å². The Hall–Kier alpha value is -1.39. The van der Waals surface area contributed by atoms with Gasteiger partial charge in [0.2, 0.25) is 0 Å². The van der Waals surface area contributed by atoms with E-state index in [0.717, 1.165) is 6.07 Å². The zero-order valence-electron chi connectivity index (χ0n) is 10.1. The van der Waals surface area contributed by atoms with E-state index in [1.807, 2.05) is 20.8 Å². The Morgan fingerprint density at radius 3 is 2.24 bits per heavy atom. The summed E-state index contributed by atoms with van der Waals surface area (Å²) < 4.78 is 37.9. The molecule has 2 nitrogen and oxygen atoms in total. The summed E-state index contributed by atoms with van der Waals surface area (Å²) in [6, 6.07) is 3.98. The van der Waals surface area contributed by atoms with Crippen LogP contribution < -0.4 is 11.1 Å². The fraction of sp³-hybridized carbons (Fsp3) is 0.500. The predicted molar refractivity (Wildman–Crippen MR) is 63.8 cm³/mol. The Kier molecular flexibility index (Phi) is 3.91. The van der Waals surface area contributed by atoms with Crippen molar-refractivity contribution >= 4 is 11.4 Å². The lowest BCUT2D eigenvalue weighted by molar-refractivity contribution is -0.136. The summed E-state index contributed by atoms with van der Waals surface area (Å²) in [5, 5.41) is 3.03. The van der Waals surface area contributed by atoms with Gasteiger partial charge in [-0.15, -0.1) is 0 Å². The lowest BCUT2D eigenvalue weighted by atomic mass is 10.1. The topological polar surface area (TPSA) is 38.0 Å². The SMILES string of the molecule is CC(C)C(C)Nc1ccc(N)c(C(F)(F)F)c1. The normalized spacial score (nSPS) is 13.8. The van der Waals surface area contributed by atoms with Crippen LogP contribution in [0.25, 0.3) is 0 Å². The van der Waals surface area contributed by atoms with Crippen LogP contribution in [-0.2, 0) is 6.18 Å². The third kappa shape index (κ3) is 3.54. The van der Waals surface area contributed by atoms with Crippen LogP contribution >= 0.6 is 0 Å². The maximum Gasteiger partial charge on any atom is 0.418 e. The number of nitrogen functional groups attached to an aromatic ring is 1. The van der Waals surface area contributed by atoms with Gasteiger partial charge >= 0.3 is 6.18 Å². The number of alkyl halides is 3. The molecule has 0 heterocycles. The average molecular weight is 246 g/mol. The molecule has 1 rings (SSSR count). The largest absolute Gasteiger partial charge is 0.418 e. The fourth-order valence-electron chi connectivity index (χ4n) is 1.32. The fourth-order valence-corrected chi connectivity index (χ4v) is 1.32. The summed E-state index contributed by atoms with van der Waals surface area (Å²) in [7, 11) is 0. The van der Waals surface area contributed by atoms with Gasteiger partial charge in [0.1, 0.15) is 0 Å². The average Bonchev–Trinajstić information content (AvgIpc) is 2.19. The van der Waals surface area contributed by atoms with E-state index < -0.39 is 11.7 Å². The molecule has 1 aromatic rings. The molecule has 3 N–H and O–H groups in total. The van der Waals surface area contributed by atoms with Gasteiger partial charge in [-0.1, -0.05) is 13.8 Å². The van der Waals surface area contributed by atoms with Crippen molar-refractivity contribution in [2.75, 3.05) is 11.1 Å². The van der Waals surface area contributed by atoms with E-state index in [1.54, 1.807) is 6.07 Å². The minimum absolute atomic E-state index is 0.0970. The van der Waals surface area contributed by atoms with Gasteiger partial charge in [-0.3, -0.25) is 0 Å². The number of nitrogens with one attached hydrogen (secondary N) is 1. The van der Waals surface area contributed by atoms with Gasteiger partial charge in [0.25, 0.3) is 0 Å². The predicted octanol–water partition coefficient (Wildman–Crippen LogP) is 3.74. The van der Waals surface area contributed by atoms with Crippen LogP contribution in [-0.4, -0.2) is 6.04 Å². The van der Waals surface area contributed by atoms with E-state index in [9.17, 15) is 13.2 Å². The number of hydrogen-bond acceptors (Lipinski definition) is 2. The number of rotatable bonds is 3. The van der Waals surface area contributed by atoms with Crippen molar-refractivity contribution in [1.29, 1.82) is 0 Å². The van der Waals surface area contributed by atoms with Crippen molar-refractivity contribution in [3.63, 3.8) is 0 Å². The second-order valence-electron chi connectivity index (χ2n) is 4.48. The smallest absolute Gasteiger partial charge is 0.398 e. The summed E-state index contributed by atoms with van der Waals surface area (Å²) in [5.74, 6) is 0.335. The molecule has 0 aromatic heterocycles. The molecule has 1 atom stereocenters. The third-order valence-corrected chi connectivity index (χ3v) is 2.75. The summed E-state index contributed by atoms with van der Waals surface area (Å²) in [6.07, 6.45) is -4.41. The van der Waals surface area contributed by atoms with Crippen molar-refractivity contribution in [2.45, 2.75) is 33.0 Å². The Bertz CT molecular complexity index is 386. The molecule has 0 bridgehead atoms. The molecule has 17 heavy (non-hydrogen) atoms. The first-order chi connectivity index (χ1) is 7.71. The second-order valence-corrected chi connectivity index (χ2v) is 4.48. The molecular weight excluding hydrogens is 229 g/mol. The van der Waals surface area contributed by atoms with Crippen LogP contribution in [0.3, 0.4) is 0 Å². The Morgan fingerprint density at radius 1 is 1.18 bits per heavy atom. The second kappa shape index (κ2) is 4.85. The summed E-state index contributed by atoms with van der Waals surface area (Å²) >= 11 is 0. The van der Waals surface area contributed by atoms with Gasteiger partial charge in [-0.25, -0.2) is 0 Å². The van der Waals surface area contributed by atoms with Gasteiger partial charge < -0.3 is 11.1 Å². The lowest BCUT2D eigenvalue weighted by Gasteiger charge is -2.20. The molecule has 0 spiro atoms. The molecule has 1 aromatic carbocycles. The van der Waals surface area contributed by atoms with E-state index in [-0.39, 0.29) is 11.7 Å². The molecule has 0 fully saturated rings. The van der Waals surface area contributed by atoms with E-state index in [4.69, 9.17) is 5.73 Å². The highest BCUT2D eigenvalue weighted by Crippen LogP contribution is 2.35. The number of hydrogen-bond donors (Lipinski definition) is 2. The number of halogens is 3. The van der Waals surface area contributed by atoms with Crippen LogP contribution in [0.4, 0.5) is 24.5 Å². The quantitative estimate of drug-likeness (QED) is 0.797. The minimum Gasteiger partial charge on any atom is -0.398 e. The van der Waals surface area contributed by atoms with Crippen LogP contribution in [0.1, 0.15) is 26.3 Å². The minimum atomic E-state index is -4.41. The third-order valence-electron chi connectivity index (χ3n) is 2.75. The van der Waals surface area contributed by atoms with Gasteiger partial charge in [0, 0.05) is 17.4 Å². The molecule has 1 unspecified atom stereocenters. The number of anilines is 2. The highest BCUT2D eigenvalue weighted by Gasteiger charge is 2.33. The maximum atomic E-state index is 12.6. The molecular formula is C12H17F3N2. The highest BCUT2D eigenvalue weighted by atomic mass is 19.4. The zero-order chi connectivity index (χ0) is 13.2. The van der Waals surface area contributed by atoms with Gasteiger partial charge in [-0.2, -0.15) is 13.2 Å². The first-order valence-electron chi connectivity index (χ1n) is 5.45. The Morgan fingerprint density at radius 2 is 1.76 bits per heavy atom. The summed E-state index contributed by atoms with van der Waals surface area (Å²) in [4.78, 5) is 0. The molecule has 0 aliphatic carbocycles. The Labute approximate surface area is 99.0 Å². The summed E-state index contributed by atoms with van der Waals surface area (Å²) in [6.45, 7) is 5.92. The van der Waals surface area contributed by atoms with E-state index in [2.05, 4.69) is 5.32 Å². The maximum absolute atomic E-state index is 12.6. The van der Waals surface area contributed by atoms with Crippen molar-refractivity contribution < 1.29 is 13.2 Å². The van der Waals surface area contributed by atoms with Crippen molar-refractivity contribution in [3.05, 3.63) is 23.8 Å². The molecule has 96 valence electrons. The standard InChI is InChI=1S/C12H17F3N2/c1-7(2)8(3)17-9-4-5-11(16)10(6-9)12(13,14)15/h4-8,17H,16H2,1-3H3.